The van der Waals surface area contributed by atoms with Gasteiger partial charge >= 0.3 is 5.97 Å². The number of esters is 1. The summed E-state index contributed by atoms with van der Waals surface area (Å²) in [6.45, 7) is 1.32. The molecule has 10 heteroatoms. The van der Waals surface area contributed by atoms with E-state index in [0.29, 0.717) is 48.1 Å². The molecule has 3 aliphatic rings. The lowest BCUT2D eigenvalue weighted by molar-refractivity contribution is -0.157. The van der Waals surface area contributed by atoms with Gasteiger partial charge in [-0.2, -0.15) is 0 Å². The quantitative estimate of drug-likeness (QED) is 0.350. The van der Waals surface area contributed by atoms with E-state index in [0.717, 1.165) is 16.5 Å². The Morgan fingerprint density at radius 2 is 1.97 bits per heavy atom. The minimum atomic E-state index is -1.50. The first-order valence-electron chi connectivity index (χ1n) is 10.2. The van der Waals surface area contributed by atoms with E-state index in [4.69, 9.17) is 29.7 Å². The highest BCUT2D eigenvalue weighted by atomic mass is 16.7. The number of nitrogens with zero attached hydrogens (tertiary/aromatic N) is 2. The average Bonchev–Trinajstić information content (AvgIpc) is 3.39. The van der Waals surface area contributed by atoms with Crippen molar-refractivity contribution in [3.8, 4) is 22.9 Å². The van der Waals surface area contributed by atoms with E-state index in [9.17, 15) is 14.7 Å². The smallest absolute Gasteiger partial charge is 0.340 e. The lowest BCUT2D eigenvalue weighted by atomic mass is 9.98. The van der Waals surface area contributed by atoms with Gasteiger partial charge in [-0.05, 0) is 17.7 Å². The van der Waals surface area contributed by atoms with Crippen molar-refractivity contribution in [1.29, 1.82) is 0 Å². The topological polar surface area (TPSA) is 135 Å². The molecule has 0 aliphatic carbocycles. The number of benzene rings is 1. The summed E-state index contributed by atoms with van der Waals surface area (Å²) in [6, 6.07) is 5.33. The van der Waals surface area contributed by atoms with E-state index in [-0.39, 0.29) is 36.7 Å². The zero-order valence-corrected chi connectivity index (χ0v) is 16.9. The molecule has 1 aromatic carbocycles. The summed E-state index contributed by atoms with van der Waals surface area (Å²) < 4.78 is 23.4. The molecule has 3 aliphatic heterocycles. The summed E-state index contributed by atoms with van der Waals surface area (Å²) in [5.41, 5.74) is 9.35. The normalized spacial score (nSPS) is 17.8. The maximum Gasteiger partial charge on any atom is 0.340 e. The first-order valence-corrected chi connectivity index (χ1v) is 10.2. The number of aliphatic hydroxyl groups is 1. The highest BCUT2D eigenvalue weighted by Crippen LogP contribution is 2.42. The Morgan fingerprint density at radius 1 is 1.16 bits per heavy atom. The number of aromatic nitrogens is 2. The second kappa shape index (κ2) is 7.02. The number of carbonyl (C=O) groups excluding carboxylic acids is 1. The number of hydrogen-bond donors (Lipinski definition) is 2. The molecule has 0 bridgehead atoms. The molecule has 2 aromatic heterocycles. The molecular weight excluding hydrogens is 418 g/mol. The summed E-state index contributed by atoms with van der Waals surface area (Å²) in [4.78, 5) is 29.9. The maximum absolute atomic E-state index is 13.2. The third kappa shape index (κ3) is 2.67. The number of pyridine rings is 2. The summed E-state index contributed by atoms with van der Waals surface area (Å²) >= 11 is 0. The van der Waals surface area contributed by atoms with Gasteiger partial charge in [0, 0.05) is 29.1 Å². The van der Waals surface area contributed by atoms with Crippen LogP contribution < -0.4 is 20.8 Å². The van der Waals surface area contributed by atoms with Crippen LogP contribution in [0.1, 0.15) is 28.4 Å². The van der Waals surface area contributed by atoms with Crippen molar-refractivity contribution < 1.29 is 28.8 Å². The Labute approximate surface area is 181 Å². The number of carbonyl (C=O) groups is 1. The summed E-state index contributed by atoms with van der Waals surface area (Å²) in [5.74, 6) is 0.453. The average molecular weight is 437 g/mol. The van der Waals surface area contributed by atoms with Gasteiger partial charge in [0.2, 0.25) is 6.79 Å². The van der Waals surface area contributed by atoms with Crippen LogP contribution in [0.3, 0.4) is 0 Å². The van der Waals surface area contributed by atoms with Crippen molar-refractivity contribution in [2.45, 2.75) is 25.9 Å². The van der Waals surface area contributed by atoms with Crippen molar-refractivity contribution in [2.75, 3.05) is 19.9 Å². The van der Waals surface area contributed by atoms with Gasteiger partial charge in [0.15, 0.2) is 17.6 Å². The molecule has 0 radical (unpaired) electrons. The van der Waals surface area contributed by atoms with Crippen LogP contribution in [0.5, 0.6) is 11.5 Å². The van der Waals surface area contributed by atoms with Gasteiger partial charge in [-0.3, -0.25) is 4.79 Å². The molecular formula is C22H19N3O7. The van der Waals surface area contributed by atoms with Gasteiger partial charge in [0.1, 0.15) is 6.61 Å². The zero-order chi connectivity index (χ0) is 22.0. The second-order valence-corrected chi connectivity index (χ2v) is 7.85. The first kappa shape index (κ1) is 19.2. The largest absolute Gasteiger partial charge is 0.458 e. The Balaban J connectivity index is 1.59. The molecule has 0 amide bonds. The van der Waals surface area contributed by atoms with Crippen molar-refractivity contribution in [1.82, 2.24) is 9.55 Å². The van der Waals surface area contributed by atoms with Gasteiger partial charge in [-0.25, -0.2) is 9.78 Å². The van der Waals surface area contributed by atoms with Crippen LogP contribution in [-0.4, -0.2) is 40.6 Å². The lowest BCUT2D eigenvalue weighted by Crippen LogP contribution is -2.32. The highest BCUT2D eigenvalue weighted by Gasteiger charge is 2.35. The van der Waals surface area contributed by atoms with Crippen LogP contribution >= 0.6 is 0 Å². The summed E-state index contributed by atoms with van der Waals surface area (Å²) in [6.07, 6.45) is -1.50. The fourth-order valence-electron chi connectivity index (χ4n) is 4.52. The molecule has 5 heterocycles. The van der Waals surface area contributed by atoms with E-state index >= 15 is 0 Å². The van der Waals surface area contributed by atoms with E-state index in [2.05, 4.69) is 0 Å². The number of nitrogens with two attached hydrogens (primary N) is 1. The molecule has 0 saturated heterocycles. The van der Waals surface area contributed by atoms with Gasteiger partial charge in [-0.15, -0.1) is 0 Å². The molecule has 0 fully saturated rings. The number of rotatable bonds is 4. The van der Waals surface area contributed by atoms with Crippen molar-refractivity contribution >= 4 is 16.9 Å². The standard InChI is InChI=1S/C22H19N3O7/c23-1-2-29-7-13-10-4-17-18(32-9-31-17)5-15(10)24-19-12(13)6-25-16(19)3-11-14(21(25)27)8-30-22(28)20(11)26/h3-5,20,26H,1-2,6-9,23H2/t20-/m0/s1. The summed E-state index contributed by atoms with van der Waals surface area (Å²) in [5, 5.41) is 11.1. The Kier molecular flexibility index (Phi) is 4.22. The third-order valence-corrected chi connectivity index (χ3v) is 6.08. The molecule has 0 saturated carbocycles. The van der Waals surface area contributed by atoms with Gasteiger partial charge in [0.05, 0.1) is 42.2 Å². The van der Waals surface area contributed by atoms with Gasteiger partial charge in [-0.1, -0.05) is 0 Å². The summed E-state index contributed by atoms with van der Waals surface area (Å²) in [7, 11) is 0. The Bertz CT molecular complexity index is 1360. The van der Waals surface area contributed by atoms with Crippen molar-refractivity contribution in [2.24, 2.45) is 5.73 Å². The zero-order valence-electron chi connectivity index (χ0n) is 16.9. The molecule has 1 atom stereocenters. The Hall–Kier alpha value is -3.47. The van der Waals surface area contributed by atoms with Crippen LogP contribution in [0.25, 0.3) is 22.3 Å². The van der Waals surface area contributed by atoms with Crippen LogP contribution in [0.2, 0.25) is 0 Å². The van der Waals surface area contributed by atoms with E-state index in [1.165, 1.54) is 0 Å². The third-order valence-electron chi connectivity index (χ3n) is 6.08. The minimum Gasteiger partial charge on any atom is -0.458 e. The minimum absolute atomic E-state index is 0.142. The van der Waals surface area contributed by atoms with Crippen molar-refractivity contribution in [3.05, 3.63) is 50.8 Å². The predicted molar refractivity (Wildman–Crippen MR) is 110 cm³/mol. The first-order chi connectivity index (χ1) is 15.6. The number of hydrogen-bond acceptors (Lipinski definition) is 9. The van der Waals surface area contributed by atoms with Crippen LogP contribution in [0, 0.1) is 0 Å². The van der Waals surface area contributed by atoms with Crippen LogP contribution in [-0.2, 0) is 34.0 Å². The second-order valence-electron chi connectivity index (χ2n) is 7.85. The number of ether oxygens (including phenoxy) is 4. The molecule has 164 valence electrons. The fraction of sp³-hybridized carbons (Fsp3) is 0.318. The van der Waals surface area contributed by atoms with E-state index in [1.807, 2.05) is 6.07 Å². The lowest BCUT2D eigenvalue weighted by Gasteiger charge is -2.21. The number of cyclic esters (lactones) is 1. The predicted octanol–water partition coefficient (Wildman–Crippen LogP) is 0.719. The van der Waals surface area contributed by atoms with Crippen LogP contribution in [0.15, 0.2) is 23.0 Å². The molecule has 3 aromatic rings. The van der Waals surface area contributed by atoms with E-state index in [1.54, 1.807) is 16.7 Å². The molecule has 3 N–H and O–H groups in total. The maximum atomic E-state index is 13.2. The van der Waals surface area contributed by atoms with Crippen molar-refractivity contribution in [3.63, 3.8) is 0 Å². The molecule has 10 nitrogen and oxygen atoms in total. The van der Waals surface area contributed by atoms with Gasteiger partial charge in [0.25, 0.3) is 5.56 Å². The monoisotopic (exact) mass is 437 g/mol. The molecule has 0 unspecified atom stereocenters. The van der Waals surface area contributed by atoms with Gasteiger partial charge < -0.3 is 34.4 Å². The van der Waals surface area contributed by atoms with Crippen LogP contribution in [0.4, 0.5) is 0 Å². The Morgan fingerprint density at radius 3 is 2.78 bits per heavy atom. The highest BCUT2D eigenvalue weighted by molar-refractivity contribution is 5.91. The number of aliphatic hydroxyl groups excluding tert-OH is 1. The molecule has 0 spiro atoms. The van der Waals surface area contributed by atoms with E-state index < -0.39 is 12.1 Å². The number of fused-ring (bicyclic) bond motifs is 6. The fourth-order valence-corrected chi connectivity index (χ4v) is 4.52. The SMILES string of the molecule is NCCOCc1c2c(nc3cc4c(cc13)OCO4)-c1cc3c(c(=O)n1C2)COC(=O)[C@H]3O. The molecule has 32 heavy (non-hydrogen) atoms. The molecule has 6 rings (SSSR count).